The third kappa shape index (κ3) is 11.8. The minimum Gasteiger partial charge on any atom is -0.465 e. The maximum atomic E-state index is 13.3. The fraction of sp³-hybridized carbons (Fsp3) is 0.345. The number of aryl methyl sites for hydroxylation is 4. The van der Waals surface area contributed by atoms with Crippen molar-refractivity contribution in [2.45, 2.75) is 86.5 Å². The van der Waals surface area contributed by atoms with Crippen molar-refractivity contribution in [3.63, 3.8) is 0 Å². The van der Waals surface area contributed by atoms with Crippen LogP contribution in [0.2, 0.25) is 0 Å². The van der Waals surface area contributed by atoms with Crippen LogP contribution in [-0.2, 0) is 53.1 Å². The normalized spacial score (nSPS) is 12.5. The first kappa shape index (κ1) is 50.9. The van der Waals surface area contributed by atoms with Gasteiger partial charge in [-0.25, -0.2) is 19.6 Å². The Hall–Kier alpha value is -7.48. The summed E-state index contributed by atoms with van der Waals surface area (Å²) in [5, 5.41) is 0. The number of para-hydroxylation sites is 2. The van der Waals surface area contributed by atoms with E-state index in [-0.39, 0.29) is 52.1 Å². The molecule has 0 saturated heterocycles. The van der Waals surface area contributed by atoms with Crippen LogP contribution in [0.3, 0.4) is 0 Å². The molecule has 360 valence electrons. The molecular weight excluding hydrogens is 881 g/mol. The van der Waals surface area contributed by atoms with Gasteiger partial charge in [-0.2, -0.15) is 0 Å². The van der Waals surface area contributed by atoms with E-state index >= 15 is 0 Å². The predicted molar refractivity (Wildman–Crippen MR) is 257 cm³/mol. The Kier molecular flexibility index (Phi) is 15.7. The second-order valence-corrected chi connectivity index (χ2v) is 18.8. The van der Waals surface area contributed by atoms with Crippen molar-refractivity contribution in [2.75, 3.05) is 26.4 Å². The van der Waals surface area contributed by atoms with E-state index in [0.717, 1.165) is 39.9 Å². The van der Waals surface area contributed by atoms with Gasteiger partial charge >= 0.3 is 35.8 Å². The van der Waals surface area contributed by atoms with Gasteiger partial charge < -0.3 is 28.4 Å². The number of esters is 6. The number of carbonyl (C=O) groups excluding carboxylic acids is 6. The van der Waals surface area contributed by atoms with E-state index in [0.29, 0.717) is 50.7 Å². The van der Waals surface area contributed by atoms with E-state index in [2.05, 4.69) is 19.2 Å². The summed E-state index contributed by atoms with van der Waals surface area (Å²) in [4.78, 5) is 85.4. The Balaban J connectivity index is 1.28. The van der Waals surface area contributed by atoms with E-state index in [4.69, 9.17) is 38.4 Å². The fourth-order valence-corrected chi connectivity index (χ4v) is 8.17. The lowest BCUT2D eigenvalue weighted by Gasteiger charge is -2.34. The van der Waals surface area contributed by atoms with Crippen molar-refractivity contribution in [3.05, 3.63) is 143 Å². The summed E-state index contributed by atoms with van der Waals surface area (Å²) in [7, 11) is 0. The first-order valence-corrected chi connectivity index (χ1v) is 22.6. The van der Waals surface area contributed by atoms with Crippen molar-refractivity contribution in [1.29, 1.82) is 0 Å². The minimum atomic E-state index is -1.07. The molecule has 1 aliphatic carbocycles. The average molecular weight is 939 g/mol. The van der Waals surface area contributed by atoms with E-state index < -0.39 is 52.1 Å². The smallest absolute Gasteiger partial charge is 0.330 e. The van der Waals surface area contributed by atoms with Crippen LogP contribution >= 0.6 is 0 Å². The largest absolute Gasteiger partial charge is 0.465 e. The summed E-state index contributed by atoms with van der Waals surface area (Å²) in [5.41, 5.74) is 6.55. The molecule has 0 atom stereocenters. The van der Waals surface area contributed by atoms with Gasteiger partial charge in [0.25, 0.3) is 0 Å². The van der Waals surface area contributed by atoms with Gasteiger partial charge in [0.15, 0.2) is 0 Å². The Morgan fingerprint density at radius 2 is 0.913 bits per heavy atom. The first-order valence-electron chi connectivity index (χ1n) is 22.6. The highest BCUT2D eigenvalue weighted by atomic mass is 16.6. The molecule has 1 heterocycles. The molecule has 0 N–H and O–H groups in total. The number of carbonyl (C=O) groups is 6. The maximum Gasteiger partial charge on any atom is 0.330 e. The van der Waals surface area contributed by atoms with Crippen molar-refractivity contribution in [2.24, 2.45) is 10.8 Å². The molecule has 0 radical (unpaired) electrons. The Labute approximate surface area is 402 Å². The molecule has 0 saturated carbocycles. The quantitative estimate of drug-likeness (QED) is 0.0305. The van der Waals surface area contributed by atoms with Crippen LogP contribution in [0.25, 0.3) is 22.3 Å². The highest BCUT2D eigenvalue weighted by Crippen LogP contribution is 2.56. The molecule has 6 rings (SSSR count). The zero-order chi connectivity index (χ0) is 50.3. The molecule has 1 aromatic heterocycles. The molecule has 1 aliphatic rings. The van der Waals surface area contributed by atoms with Gasteiger partial charge in [0, 0.05) is 28.5 Å². The summed E-state index contributed by atoms with van der Waals surface area (Å²) >= 11 is 0. The Bertz CT molecular complexity index is 2690. The molecular formula is C55H58N2O12. The maximum absolute atomic E-state index is 13.3. The molecule has 0 fully saturated rings. The lowest BCUT2D eigenvalue weighted by Crippen LogP contribution is -2.30. The molecule has 14 heteroatoms. The Morgan fingerprint density at radius 1 is 0.536 bits per heavy atom. The zero-order valence-corrected chi connectivity index (χ0v) is 40.4. The van der Waals surface area contributed by atoms with Crippen LogP contribution in [0.5, 0.6) is 11.5 Å². The van der Waals surface area contributed by atoms with Crippen molar-refractivity contribution < 1.29 is 57.2 Å². The number of aromatic nitrogens is 2. The van der Waals surface area contributed by atoms with Crippen LogP contribution in [0.15, 0.2) is 98.1 Å². The standard InChI is InChI=1S/C55H58N2O12/c1-11-43(58)64-29-53(7,8)31-66-45(60)21-23-47(62)68-50-33(3)25-37(26-34(50)4)55(40-18-14-13-17-39(40)49-52(55)57-42-20-16-15-19-41(42)56-49)38-27-35(5)51(36(6)28-38)69-48(63)24-22-46(61)67-32-54(9,10)30-65-44(59)12-2/h11-20,25-28H,1-2,21-24,29-32H2,3-10H3. The second-order valence-electron chi connectivity index (χ2n) is 18.8. The highest BCUT2D eigenvalue weighted by molar-refractivity contribution is 5.89. The average Bonchev–Trinajstić information content (AvgIpc) is 3.61. The topological polar surface area (TPSA) is 184 Å². The van der Waals surface area contributed by atoms with Gasteiger partial charge in [-0.3, -0.25) is 19.2 Å². The number of hydrogen-bond donors (Lipinski definition) is 0. The van der Waals surface area contributed by atoms with Gasteiger partial charge in [-0.15, -0.1) is 0 Å². The minimum absolute atomic E-state index is 0.0196. The zero-order valence-electron chi connectivity index (χ0n) is 40.4. The number of rotatable bonds is 20. The van der Waals surface area contributed by atoms with Crippen LogP contribution in [0.4, 0.5) is 0 Å². The van der Waals surface area contributed by atoms with Crippen LogP contribution in [0.1, 0.15) is 98.0 Å². The van der Waals surface area contributed by atoms with Gasteiger partial charge in [-0.1, -0.05) is 102 Å². The molecule has 4 aromatic carbocycles. The monoisotopic (exact) mass is 938 g/mol. The van der Waals surface area contributed by atoms with Crippen molar-refractivity contribution >= 4 is 46.8 Å². The summed E-state index contributed by atoms with van der Waals surface area (Å²) in [5.74, 6) is -2.87. The number of ether oxygens (including phenoxy) is 6. The van der Waals surface area contributed by atoms with E-state index in [1.54, 1.807) is 27.7 Å². The van der Waals surface area contributed by atoms with Gasteiger partial charge in [0.1, 0.15) is 11.5 Å². The molecule has 0 amide bonds. The third-order valence-electron chi connectivity index (χ3n) is 11.6. The summed E-state index contributed by atoms with van der Waals surface area (Å²) < 4.78 is 32.9. The predicted octanol–water partition coefficient (Wildman–Crippen LogP) is 9.19. The van der Waals surface area contributed by atoms with E-state index in [1.165, 1.54) is 0 Å². The molecule has 0 unspecified atom stereocenters. The lowest BCUT2D eigenvalue weighted by atomic mass is 9.68. The van der Waals surface area contributed by atoms with Crippen LogP contribution in [0, 0.1) is 38.5 Å². The highest BCUT2D eigenvalue weighted by Gasteiger charge is 2.49. The van der Waals surface area contributed by atoms with Gasteiger partial charge in [0.05, 0.1) is 79.9 Å². The first-order chi connectivity index (χ1) is 32.7. The Morgan fingerprint density at radius 3 is 1.35 bits per heavy atom. The number of fused-ring (bicyclic) bond motifs is 4. The molecule has 5 aromatic rings. The summed E-state index contributed by atoms with van der Waals surface area (Å²) in [6, 6.07) is 23.6. The molecule has 14 nitrogen and oxygen atoms in total. The number of hydrogen-bond acceptors (Lipinski definition) is 14. The molecule has 69 heavy (non-hydrogen) atoms. The van der Waals surface area contributed by atoms with Crippen LogP contribution in [-0.4, -0.2) is 72.2 Å². The van der Waals surface area contributed by atoms with Crippen molar-refractivity contribution in [1.82, 2.24) is 9.97 Å². The second kappa shape index (κ2) is 21.2. The van der Waals surface area contributed by atoms with Gasteiger partial charge in [0.2, 0.25) is 0 Å². The number of benzene rings is 4. The van der Waals surface area contributed by atoms with Crippen LogP contribution < -0.4 is 9.47 Å². The third-order valence-corrected chi connectivity index (χ3v) is 11.6. The molecule has 0 spiro atoms. The van der Waals surface area contributed by atoms with Gasteiger partial charge in [-0.05, 0) is 78.8 Å². The fourth-order valence-electron chi connectivity index (χ4n) is 8.17. The summed E-state index contributed by atoms with van der Waals surface area (Å²) in [6.07, 6.45) is 1.23. The van der Waals surface area contributed by atoms with E-state index in [1.807, 2.05) is 94.4 Å². The molecule has 0 bridgehead atoms. The summed E-state index contributed by atoms with van der Waals surface area (Å²) in [6.45, 7) is 21.3. The lowest BCUT2D eigenvalue weighted by molar-refractivity contribution is -0.153. The van der Waals surface area contributed by atoms with E-state index in [9.17, 15) is 28.8 Å². The van der Waals surface area contributed by atoms with Crippen molar-refractivity contribution in [3.8, 4) is 22.8 Å². The SMILES string of the molecule is C=CC(=O)OCC(C)(C)COC(=O)CCC(=O)Oc1c(C)cc(C2(c3cc(C)c(OC(=O)CCC(=O)OCC(C)(C)COC(=O)C=C)c(C)c3)c3ccccc3-c3nc4ccccc4nc32)cc1C. The number of nitrogens with zero attached hydrogens (tertiary/aromatic N) is 2. The molecule has 0 aliphatic heterocycles.